The van der Waals surface area contributed by atoms with Gasteiger partial charge in [-0.2, -0.15) is 0 Å². The first-order valence-corrected chi connectivity index (χ1v) is 11.8. The fraction of sp³-hybridized carbons (Fsp3) is 0.185. The summed E-state index contributed by atoms with van der Waals surface area (Å²) in [7, 11) is 0. The number of ether oxygens (including phenoxy) is 1. The van der Waals surface area contributed by atoms with Crippen LogP contribution >= 0.6 is 0 Å². The molecule has 9 nitrogen and oxygen atoms in total. The average molecular weight is 481 g/mol. The minimum atomic E-state index is -0.958. The highest BCUT2D eigenvalue weighted by atomic mass is 16.5. The Kier molecular flexibility index (Phi) is 5.88. The molecule has 9 heteroatoms. The Morgan fingerprint density at radius 3 is 2.53 bits per heavy atom. The number of aliphatic imine (C=N–C) groups is 1. The average Bonchev–Trinajstić information content (AvgIpc) is 3.36. The molecule has 2 aliphatic rings. The second-order valence-corrected chi connectivity index (χ2v) is 8.49. The largest absolute Gasteiger partial charge is 0.403 e. The van der Waals surface area contributed by atoms with E-state index in [2.05, 4.69) is 31.8 Å². The molecule has 0 unspecified atom stereocenters. The van der Waals surface area contributed by atoms with E-state index in [1.165, 1.54) is 0 Å². The fourth-order valence-electron chi connectivity index (χ4n) is 4.35. The predicted octanol–water partition coefficient (Wildman–Crippen LogP) is 3.80. The second-order valence-electron chi connectivity index (χ2n) is 8.49. The van der Waals surface area contributed by atoms with E-state index in [1.807, 2.05) is 72.8 Å². The van der Waals surface area contributed by atoms with Crippen molar-refractivity contribution in [1.29, 1.82) is 0 Å². The summed E-state index contributed by atoms with van der Waals surface area (Å²) in [5.74, 6) is 0.0413. The summed E-state index contributed by atoms with van der Waals surface area (Å²) in [5.41, 5.74) is 5.00. The molecule has 0 radical (unpaired) electrons. The number of anilines is 3. The van der Waals surface area contributed by atoms with Crippen LogP contribution in [0.15, 0.2) is 88.3 Å². The molecule has 1 atom stereocenters. The van der Waals surface area contributed by atoms with E-state index < -0.39 is 6.17 Å². The van der Waals surface area contributed by atoms with E-state index in [0.29, 0.717) is 30.5 Å². The molecular formula is C27H24N6O3. The normalized spacial score (nSPS) is 17.6. The summed E-state index contributed by atoms with van der Waals surface area (Å²) < 4.78 is 11.3. The van der Waals surface area contributed by atoms with Crippen molar-refractivity contribution in [2.24, 2.45) is 4.99 Å². The summed E-state index contributed by atoms with van der Waals surface area (Å²) >= 11 is 0. The third kappa shape index (κ3) is 4.44. The molecule has 0 spiro atoms. The molecule has 2 N–H and O–H groups in total. The number of para-hydroxylation sites is 1. The molecule has 3 heterocycles. The lowest BCUT2D eigenvalue weighted by Crippen LogP contribution is -2.36. The smallest absolute Gasteiger partial charge is 0.317 e. The lowest BCUT2D eigenvalue weighted by molar-refractivity contribution is -0.116. The molecular weight excluding hydrogens is 456 g/mol. The minimum Gasteiger partial charge on any atom is -0.403 e. The third-order valence-electron chi connectivity index (χ3n) is 6.15. The number of fused-ring (bicyclic) bond motifs is 1. The van der Waals surface area contributed by atoms with Gasteiger partial charge in [0, 0.05) is 35.5 Å². The number of carbonyl (C=O) groups is 1. The van der Waals surface area contributed by atoms with Gasteiger partial charge in [0.25, 0.3) is 5.91 Å². The van der Waals surface area contributed by atoms with Crippen molar-refractivity contribution in [3.8, 4) is 11.5 Å². The first-order valence-electron chi connectivity index (χ1n) is 11.8. The zero-order valence-electron chi connectivity index (χ0n) is 19.4. The van der Waals surface area contributed by atoms with E-state index in [4.69, 9.17) is 14.1 Å². The number of hydrogen-bond donors (Lipinski definition) is 2. The minimum absolute atomic E-state index is 0.115. The highest BCUT2D eigenvalue weighted by Crippen LogP contribution is 2.27. The lowest BCUT2D eigenvalue weighted by atomic mass is 10.0. The maximum absolute atomic E-state index is 13.1. The van der Waals surface area contributed by atoms with Crippen LogP contribution in [0, 0.1) is 0 Å². The van der Waals surface area contributed by atoms with Gasteiger partial charge in [-0.15, -0.1) is 5.10 Å². The Morgan fingerprint density at radius 2 is 1.67 bits per heavy atom. The number of morpholine rings is 1. The number of rotatable bonds is 5. The van der Waals surface area contributed by atoms with Crippen molar-refractivity contribution in [3.05, 3.63) is 90.0 Å². The van der Waals surface area contributed by atoms with E-state index in [9.17, 15) is 4.79 Å². The van der Waals surface area contributed by atoms with E-state index >= 15 is 0 Å². The molecule has 180 valence electrons. The van der Waals surface area contributed by atoms with Crippen LogP contribution in [0.3, 0.4) is 0 Å². The van der Waals surface area contributed by atoms with Crippen LogP contribution in [0.2, 0.25) is 0 Å². The topological polar surface area (TPSA) is 105 Å². The quantitative estimate of drug-likeness (QED) is 0.448. The van der Waals surface area contributed by atoms with Gasteiger partial charge in [0.15, 0.2) is 0 Å². The monoisotopic (exact) mass is 480 g/mol. The summed E-state index contributed by atoms with van der Waals surface area (Å²) in [6, 6.07) is 25.4. The van der Waals surface area contributed by atoms with Gasteiger partial charge in [-0.05, 0) is 24.3 Å². The van der Waals surface area contributed by atoms with Gasteiger partial charge in [-0.25, -0.2) is 4.99 Å². The number of benzodiazepines with no additional fused rings is 1. The zero-order valence-corrected chi connectivity index (χ0v) is 19.4. The van der Waals surface area contributed by atoms with Crippen LogP contribution in [0.1, 0.15) is 11.1 Å². The van der Waals surface area contributed by atoms with Crippen molar-refractivity contribution in [2.75, 3.05) is 41.8 Å². The Hall–Kier alpha value is -4.50. The summed E-state index contributed by atoms with van der Waals surface area (Å²) in [4.78, 5) is 20.1. The first-order chi connectivity index (χ1) is 17.7. The van der Waals surface area contributed by atoms with Gasteiger partial charge in [0.1, 0.15) is 0 Å². The van der Waals surface area contributed by atoms with Crippen molar-refractivity contribution < 1.29 is 13.9 Å². The predicted molar refractivity (Wildman–Crippen MR) is 137 cm³/mol. The molecule has 4 aromatic rings. The number of amides is 1. The Labute approximate surface area is 207 Å². The molecule has 6 rings (SSSR count). The summed E-state index contributed by atoms with van der Waals surface area (Å²) in [6.45, 7) is 3.08. The van der Waals surface area contributed by atoms with Crippen molar-refractivity contribution in [1.82, 2.24) is 10.2 Å². The lowest BCUT2D eigenvalue weighted by Gasteiger charge is -2.29. The zero-order chi connectivity index (χ0) is 24.3. The van der Waals surface area contributed by atoms with Gasteiger partial charge in [-0.1, -0.05) is 59.7 Å². The molecule has 0 bridgehead atoms. The van der Waals surface area contributed by atoms with E-state index in [1.54, 1.807) is 0 Å². The van der Waals surface area contributed by atoms with Gasteiger partial charge in [0.05, 0.1) is 24.6 Å². The SMILES string of the molecule is O=C1Nc2ccccc2C(c2ccccc2)=N[C@@H]1Nc1nnc(-c2cccc(N3CCOCC3)c2)o1. The van der Waals surface area contributed by atoms with Gasteiger partial charge < -0.3 is 24.7 Å². The summed E-state index contributed by atoms with van der Waals surface area (Å²) in [5, 5.41) is 14.3. The van der Waals surface area contributed by atoms with Crippen molar-refractivity contribution in [2.45, 2.75) is 6.17 Å². The molecule has 0 saturated carbocycles. The number of nitrogens with zero attached hydrogens (tertiary/aromatic N) is 4. The molecule has 3 aromatic carbocycles. The number of aromatic nitrogens is 2. The third-order valence-corrected chi connectivity index (χ3v) is 6.15. The Morgan fingerprint density at radius 1 is 0.889 bits per heavy atom. The standard InChI is InChI=1S/C27H24N6O3/c34-25-24(29-23(18-7-2-1-3-8-18)21-11-4-5-12-22(21)28-25)30-27-32-31-26(36-27)19-9-6-10-20(17-19)33-13-15-35-16-14-33/h1-12,17,24H,13-16H2,(H,28,34)(H,30,32)/t24-/m1/s1. The molecule has 0 aliphatic carbocycles. The Balaban J connectivity index is 1.28. The van der Waals surface area contributed by atoms with Gasteiger partial charge in [-0.3, -0.25) is 4.79 Å². The second kappa shape index (κ2) is 9.63. The van der Waals surface area contributed by atoms with Gasteiger partial charge in [0.2, 0.25) is 12.1 Å². The number of nitrogens with one attached hydrogen (secondary N) is 2. The van der Waals surface area contributed by atoms with E-state index in [0.717, 1.165) is 35.5 Å². The maximum atomic E-state index is 13.1. The van der Waals surface area contributed by atoms with Crippen molar-refractivity contribution >= 4 is 29.0 Å². The van der Waals surface area contributed by atoms with Crippen LogP contribution in [0.25, 0.3) is 11.5 Å². The highest BCUT2D eigenvalue weighted by molar-refractivity contribution is 6.19. The first kappa shape index (κ1) is 22.0. The maximum Gasteiger partial charge on any atom is 0.317 e. The van der Waals surface area contributed by atoms with Crippen LogP contribution in [-0.2, 0) is 9.53 Å². The number of carbonyl (C=O) groups excluding carboxylic acids is 1. The molecule has 1 amide bonds. The molecule has 36 heavy (non-hydrogen) atoms. The van der Waals surface area contributed by atoms with Crippen LogP contribution < -0.4 is 15.5 Å². The van der Waals surface area contributed by atoms with Crippen molar-refractivity contribution in [3.63, 3.8) is 0 Å². The van der Waals surface area contributed by atoms with Crippen LogP contribution in [-0.4, -0.2) is 54.3 Å². The highest BCUT2D eigenvalue weighted by Gasteiger charge is 2.27. The summed E-state index contributed by atoms with van der Waals surface area (Å²) in [6.07, 6.45) is -0.958. The van der Waals surface area contributed by atoms with E-state index in [-0.39, 0.29) is 11.9 Å². The van der Waals surface area contributed by atoms with Gasteiger partial charge >= 0.3 is 6.01 Å². The Bertz CT molecular complexity index is 1410. The number of benzene rings is 3. The number of hydrogen-bond acceptors (Lipinski definition) is 8. The molecule has 1 aromatic heterocycles. The molecule has 2 aliphatic heterocycles. The fourth-order valence-corrected chi connectivity index (χ4v) is 4.35. The molecule has 1 fully saturated rings. The van der Waals surface area contributed by atoms with Crippen LogP contribution in [0.4, 0.5) is 17.4 Å². The van der Waals surface area contributed by atoms with Crippen LogP contribution in [0.5, 0.6) is 0 Å². The molecule has 1 saturated heterocycles.